The number of likely N-dealkylation sites (N-methyl/N-ethyl adjacent to an activating group) is 1. The fourth-order valence-corrected chi connectivity index (χ4v) is 1.17. The van der Waals surface area contributed by atoms with Gasteiger partial charge in [-0.15, -0.1) is 0 Å². The molecule has 0 aliphatic carbocycles. The van der Waals surface area contributed by atoms with Crippen LogP contribution in [-0.2, 0) is 14.3 Å². The monoisotopic (exact) mass is 217 g/mol. The number of amides is 1. The Hall–Kier alpha value is -1.10. The third-order valence-corrected chi connectivity index (χ3v) is 1.94. The Kier molecular flexibility index (Phi) is 7.62. The summed E-state index contributed by atoms with van der Waals surface area (Å²) >= 11 is 0. The van der Waals surface area contributed by atoms with E-state index in [1.54, 1.807) is 6.92 Å². The number of carboxylic acid groups (broad SMARTS) is 1. The summed E-state index contributed by atoms with van der Waals surface area (Å²) in [5.41, 5.74) is 0. The molecule has 1 amide bonds. The van der Waals surface area contributed by atoms with Crippen LogP contribution in [0.25, 0.3) is 0 Å². The molecular weight excluding hydrogens is 198 g/mol. The molecule has 0 aromatic carbocycles. The van der Waals surface area contributed by atoms with Crippen LogP contribution in [0.2, 0.25) is 0 Å². The predicted octanol–water partition coefficient (Wildman–Crippen LogP) is 0.736. The quantitative estimate of drug-likeness (QED) is 0.609. The van der Waals surface area contributed by atoms with Crippen LogP contribution in [-0.4, -0.2) is 48.2 Å². The lowest BCUT2D eigenvalue weighted by Crippen LogP contribution is -2.35. The molecule has 0 fully saturated rings. The molecular formula is C10H19NO4. The molecule has 5 nitrogen and oxygen atoms in total. The van der Waals surface area contributed by atoms with E-state index >= 15 is 0 Å². The Morgan fingerprint density at radius 1 is 1.33 bits per heavy atom. The Bertz CT molecular complexity index is 206. The van der Waals surface area contributed by atoms with E-state index in [9.17, 15) is 9.59 Å². The second-order valence-corrected chi connectivity index (χ2v) is 3.10. The number of carboxylic acids is 1. The Balaban J connectivity index is 3.78. The molecule has 15 heavy (non-hydrogen) atoms. The van der Waals surface area contributed by atoms with Crippen molar-refractivity contribution in [2.75, 3.05) is 26.3 Å². The largest absolute Gasteiger partial charge is 0.480 e. The molecule has 0 aliphatic heterocycles. The highest BCUT2D eigenvalue weighted by atomic mass is 16.5. The minimum atomic E-state index is -0.977. The zero-order chi connectivity index (χ0) is 11.7. The Morgan fingerprint density at radius 2 is 2.00 bits per heavy atom. The number of hydrogen-bond acceptors (Lipinski definition) is 3. The van der Waals surface area contributed by atoms with E-state index in [0.29, 0.717) is 32.6 Å². The number of carbonyl (C=O) groups is 2. The van der Waals surface area contributed by atoms with Gasteiger partial charge >= 0.3 is 5.97 Å². The standard InChI is InChI=1S/C10H19NO4/c1-3-11(8-10(13)14)9(12)6-5-7-15-4-2/h3-8H2,1-2H3,(H,13,14). The summed E-state index contributed by atoms with van der Waals surface area (Å²) in [6.45, 7) is 5.06. The normalized spacial score (nSPS) is 10.0. The molecule has 0 aromatic heterocycles. The Labute approximate surface area is 90.0 Å². The zero-order valence-corrected chi connectivity index (χ0v) is 9.36. The van der Waals surface area contributed by atoms with Gasteiger partial charge in [0.15, 0.2) is 0 Å². The maximum Gasteiger partial charge on any atom is 0.323 e. The van der Waals surface area contributed by atoms with Crippen molar-refractivity contribution in [1.29, 1.82) is 0 Å². The van der Waals surface area contributed by atoms with Crippen molar-refractivity contribution in [3.63, 3.8) is 0 Å². The van der Waals surface area contributed by atoms with Gasteiger partial charge in [-0.05, 0) is 20.3 Å². The van der Waals surface area contributed by atoms with Crippen molar-refractivity contribution >= 4 is 11.9 Å². The van der Waals surface area contributed by atoms with Crippen LogP contribution in [0.3, 0.4) is 0 Å². The van der Waals surface area contributed by atoms with Crippen LogP contribution in [0.4, 0.5) is 0 Å². The molecule has 0 radical (unpaired) electrons. The van der Waals surface area contributed by atoms with Gasteiger partial charge in [0.25, 0.3) is 0 Å². The topological polar surface area (TPSA) is 66.8 Å². The fourth-order valence-electron chi connectivity index (χ4n) is 1.17. The smallest absolute Gasteiger partial charge is 0.323 e. The van der Waals surface area contributed by atoms with Gasteiger partial charge in [-0.1, -0.05) is 0 Å². The van der Waals surface area contributed by atoms with Crippen molar-refractivity contribution in [2.45, 2.75) is 26.7 Å². The molecule has 0 heterocycles. The SMILES string of the molecule is CCOCCCC(=O)N(CC)CC(=O)O. The van der Waals surface area contributed by atoms with E-state index < -0.39 is 5.97 Å². The molecule has 0 unspecified atom stereocenters. The second-order valence-electron chi connectivity index (χ2n) is 3.10. The molecule has 0 aromatic rings. The van der Waals surface area contributed by atoms with E-state index in [1.165, 1.54) is 4.90 Å². The molecule has 1 N–H and O–H groups in total. The van der Waals surface area contributed by atoms with Crippen LogP contribution in [0, 0.1) is 0 Å². The molecule has 5 heteroatoms. The first kappa shape index (κ1) is 13.9. The molecule has 0 aliphatic rings. The summed E-state index contributed by atoms with van der Waals surface area (Å²) in [5, 5.41) is 8.55. The van der Waals surface area contributed by atoms with Crippen molar-refractivity contribution < 1.29 is 19.4 Å². The zero-order valence-electron chi connectivity index (χ0n) is 9.36. The van der Waals surface area contributed by atoms with Crippen LogP contribution in [0.1, 0.15) is 26.7 Å². The van der Waals surface area contributed by atoms with Gasteiger partial charge in [0.2, 0.25) is 5.91 Å². The van der Waals surface area contributed by atoms with E-state index in [0.717, 1.165) is 0 Å². The summed E-state index contributed by atoms with van der Waals surface area (Å²) in [5.74, 6) is -1.10. The highest BCUT2D eigenvalue weighted by Gasteiger charge is 2.13. The Morgan fingerprint density at radius 3 is 2.47 bits per heavy atom. The van der Waals surface area contributed by atoms with Crippen LogP contribution >= 0.6 is 0 Å². The maximum atomic E-state index is 11.5. The van der Waals surface area contributed by atoms with E-state index in [-0.39, 0.29) is 12.5 Å². The molecule has 88 valence electrons. The third-order valence-electron chi connectivity index (χ3n) is 1.94. The molecule has 0 rings (SSSR count). The number of aliphatic carboxylic acids is 1. The second kappa shape index (κ2) is 8.23. The molecule has 0 bridgehead atoms. The summed E-state index contributed by atoms with van der Waals surface area (Å²) < 4.78 is 5.09. The summed E-state index contributed by atoms with van der Waals surface area (Å²) in [6, 6.07) is 0. The van der Waals surface area contributed by atoms with Crippen LogP contribution in [0.15, 0.2) is 0 Å². The first-order valence-corrected chi connectivity index (χ1v) is 5.19. The highest BCUT2D eigenvalue weighted by molar-refractivity contribution is 5.81. The first-order chi connectivity index (χ1) is 7.11. The van der Waals surface area contributed by atoms with Crippen molar-refractivity contribution in [2.24, 2.45) is 0 Å². The van der Waals surface area contributed by atoms with Crippen molar-refractivity contribution in [1.82, 2.24) is 4.90 Å². The van der Waals surface area contributed by atoms with Gasteiger partial charge in [-0.2, -0.15) is 0 Å². The lowest BCUT2D eigenvalue weighted by atomic mass is 10.3. The molecule has 0 saturated heterocycles. The summed E-state index contributed by atoms with van der Waals surface area (Å²) in [4.78, 5) is 23.2. The third kappa shape index (κ3) is 6.90. The molecule has 0 saturated carbocycles. The predicted molar refractivity (Wildman–Crippen MR) is 55.6 cm³/mol. The number of ether oxygens (including phenoxy) is 1. The van der Waals surface area contributed by atoms with Crippen LogP contribution in [0.5, 0.6) is 0 Å². The first-order valence-electron chi connectivity index (χ1n) is 5.19. The van der Waals surface area contributed by atoms with Gasteiger partial charge in [0.05, 0.1) is 0 Å². The highest BCUT2D eigenvalue weighted by Crippen LogP contribution is 1.98. The van der Waals surface area contributed by atoms with Crippen molar-refractivity contribution in [3.05, 3.63) is 0 Å². The molecule has 0 spiro atoms. The minimum Gasteiger partial charge on any atom is -0.480 e. The fraction of sp³-hybridized carbons (Fsp3) is 0.800. The number of nitrogens with zero attached hydrogens (tertiary/aromatic N) is 1. The van der Waals surface area contributed by atoms with E-state index in [2.05, 4.69) is 0 Å². The van der Waals surface area contributed by atoms with Gasteiger partial charge in [-0.3, -0.25) is 9.59 Å². The van der Waals surface area contributed by atoms with E-state index in [4.69, 9.17) is 9.84 Å². The lowest BCUT2D eigenvalue weighted by molar-refractivity contribution is -0.144. The lowest BCUT2D eigenvalue weighted by Gasteiger charge is -2.18. The van der Waals surface area contributed by atoms with Gasteiger partial charge < -0.3 is 14.7 Å². The summed E-state index contributed by atoms with van der Waals surface area (Å²) in [7, 11) is 0. The number of rotatable bonds is 8. The van der Waals surface area contributed by atoms with E-state index in [1.807, 2.05) is 6.92 Å². The average molecular weight is 217 g/mol. The van der Waals surface area contributed by atoms with Gasteiger partial charge in [0.1, 0.15) is 6.54 Å². The number of hydrogen-bond donors (Lipinski definition) is 1. The average Bonchev–Trinajstić information content (AvgIpc) is 2.20. The van der Waals surface area contributed by atoms with Gasteiger partial charge in [-0.25, -0.2) is 0 Å². The van der Waals surface area contributed by atoms with Crippen molar-refractivity contribution in [3.8, 4) is 0 Å². The van der Waals surface area contributed by atoms with Crippen LogP contribution < -0.4 is 0 Å². The maximum absolute atomic E-state index is 11.5. The summed E-state index contributed by atoms with van der Waals surface area (Å²) in [6.07, 6.45) is 0.990. The van der Waals surface area contributed by atoms with Gasteiger partial charge in [0, 0.05) is 26.2 Å². The molecule has 0 atom stereocenters. The number of carbonyl (C=O) groups excluding carboxylic acids is 1. The minimum absolute atomic E-state index is 0.125.